The molecule has 0 saturated heterocycles. The van der Waals surface area contributed by atoms with Gasteiger partial charge in [0.2, 0.25) is 5.91 Å². The van der Waals surface area contributed by atoms with Gasteiger partial charge in [-0.3, -0.25) is 4.79 Å². The Hall–Kier alpha value is -2.05. The Morgan fingerprint density at radius 3 is 2.57 bits per heavy atom. The molecule has 1 aliphatic heterocycles. The van der Waals surface area contributed by atoms with Crippen LogP contribution in [0, 0.1) is 5.92 Å². The van der Waals surface area contributed by atoms with Crippen molar-refractivity contribution in [2.45, 2.75) is 33.1 Å². The number of rotatable bonds is 5. The molecule has 21 heavy (non-hydrogen) atoms. The predicted molar refractivity (Wildman–Crippen MR) is 73.6 cm³/mol. The molecule has 1 aromatic carbocycles. The van der Waals surface area contributed by atoms with E-state index in [0.29, 0.717) is 18.2 Å². The highest BCUT2D eigenvalue weighted by Crippen LogP contribution is 2.42. The topological polar surface area (TPSA) is 59.6 Å². The number of carbonyl (C=O) groups excluding carboxylic acids is 1. The maximum absolute atomic E-state index is 12.9. The third-order valence-electron chi connectivity index (χ3n) is 2.86. The Bertz CT molecular complexity index is 535. The molecule has 0 spiro atoms. The molecule has 0 saturated carbocycles. The highest BCUT2D eigenvalue weighted by molar-refractivity contribution is 5.84. The summed E-state index contributed by atoms with van der Waals surface area (Å²) in [6.07, 6.45) is -3.64. The van der Waals surface area contributed by atoms with E-state index < -0.39 is 12.3 Å². The molecule has 1 amide bonds. The lowest BCUT2D eigenvalue weighted by Crippen LogP contribution is -2.39. The fraction of sp³-hybridized carbons (Fsp3) is 0.500. The zero-order valence-corrected chi connectivity index (χ0v) is 12.1. The fourth-order valence-electron chi connectivity index (χ4n) is 1.81. The Morgan fingerprint density at radius 1 is 1.24 bits per heavy atom. The lowest BCUT2D eigenvalue weighted by atomic mass is 10.2. The molecule has 1 unspecified atom stereocenters. The number of carbonyl (C=O) groups is 1. The van der Waals surface area contributed by atoms with Crippen LogP contribution < -0.4 is 20.1 Å². The number of halogens is 2. The third kappa shape index (κ3) is 3.96. The molecular weight excluding hydrogens is 282 g/mol. The number of amides is 1. The molecule has 1 aliphatic rings. The zero-order valence-electron chi connectivity index (χ0n) is 12.1. The van der Waals surface area contributed by atoms with Gasteiger partial charge in [0.1, 0.15) is 6.04 Å². The van der Waals surface area contributed by atoms with Crippen molar-refractivity contribution >= 4 is 11.6 Å². The average Bonchev–Trinajstić information content (AvgIpc) is 2.68. The molecule has 0 fully saturated rings. The van der Waals surface area contributed by atoms with Gasteiger partial charge in [0.25, 0.3) is 0 Å². The van der Waals surface area contributed by atoms with Crippen molar-refractivity contribution in [3.63, 3.8) is 0 Å². The molecule has 7 heteroatoms. The summed E-state index contributed by atoms with van der Waals surface area (Å²) in [5.74, 6) is 0.114. The van der Waals surface area contributed by atoms with E-state index in [4.69, 9.17) is 0 Å². The summed E-state index contributed by atoms with van der Waals surface area (Å²) in [7, 11) is 0. The zero-order chi connectivity index (χ0) is 15.6. The van der Waals surface area contributed by atoms with E-state index in [9.17, 15) is 13.6 Å². The minimum absolute atomic E-state index is 0.0255. The first-order valence-electron chi connectivity index (χ1n) is 6.71. The van der Waals surface area contributed by atoms with Gasteiger partial charge in [-0.15, -0.1) is 8.78 Å². The molecule has 0 bridgehead atoms. The van der Waals surface area contributed by atoms with Gasteiger partial charge in [-0.25, -0.2) is 0 Å². The number of hydrogen-bond acceptors (Lipinski definition) is 4. The second-order valence-corrected chi connectivity index (χ2v) is 5.33. The molecule has 0 aromatic heterocycles. The molecule has 0 aliphatic carbocycles. The van der Waals surface area contributed by atoms with Gasteiger partial charge in [-0.1, -0.05) is 13.8 Å². The summed E-state index contributed by atoms with van der Waals surface area (Å²) in [5.41, 5.74) is 0.502. The van der Waals surface area contributed by atoms with Crippen molar-refractivity contribution in [2.24, 2.45) is 5.92 Å². The van der Waals surface area contributed by atoms with Crippen LogP contribution in [0.15, 0.2) is 18.2 Å². The van der Waals surface area contributed by atoms with Crippen LogP contribution in [0.5, 0.6) is 11.5 Å². The van der Waals surface area contributed by atoms with Crippen LogP contribution in [-0.4, -0.2) is 24.8 Å². The van der Waals surface area contributed by atoms with Crippen molar-refractivity contribution < 1.29 is 23.0 Å². The van der Waals surface area contributed by atoms with Gasteiger partial charge in [0, 0.05) is 18.3 Å². The number of benzene rings is 1. The predicted octanol–water partition coefficient (Wildman–Crippen LogP) is 2.58. The van der Waals surface area contributed by atoms with E-state index in [1.54, 1.807) is 13.0 Å². The van der Waals surface area contributed by atoms with Crippen molar-refractivity contribution in [3.8, 4) is 11.5 Å². The molecule has 5 nitrogen and oxygen atoms in total. The fourth-order valence-corrected chi connectivity index (χ4v) is 1.81. The minimum Gasteiger partial charge on any atom is -0.395 e. The molecule has 116 valence electrons. The minimum atomic E-state index is -3.64. The molecular formula is C14H18F2N2O3. The lowest BCUT2D eigenvalue weighted by molar-refractivity contribution is -0.286. The van der Waals surface area contributed by atoms with Crippen LogP contribution in [0.25, 0.3) is 0 Å². The van der Waals surface area contributed by atoms with Crippen LogP contribution in [0.3, 0.4) is 0 Å². The van der Waals surface area contributed by atoms with Crippen LogP contribution in [-0.2, 0) is 4.79 Å². The summed E-state index contributed by atoms with van der Waals surface area (Å²) in [6.45, 7) is 6.26. The van der Waals surface area contributed by atoms with Gasteiger partial charge in [-0.2, -0.15) is 0 Å². The summed E-state index contributed by atoms with van der Waals surface area (Å²) < 4.78 is 34.5. The Balaban J connectivity index is 1.97. The SMILES string of the molecule is CC(C)CNC(=O)C(C)Nc1ccc2c(c1)OC(F)(F)O2. The quantitative estimate of drug-likeness (QED) is 0.877. The first-order chi connectivity index (χ1) is 9.77. The Labute approximate surface area is 121 Å². The van der Waals surface area contributed by atoms with E-state index in [2.05, 4.69) is 20.1 Å². The van der Waals surface area contributed by atoms with E-state index >= 15 is 0 Å². The highest BCUT2D eigenvalue weighted by Gasteiger charge is 2.43. The molecule has 1 atom stereocenters. The van der Waals surface area contributed by atoms with Gasteiger partial charge in [0.05, 0.1) is 0 Å². The number of ether oxygens (including phenoxy) is 2. The molecule has 0 radical (unpaired) electrons. The number of fused-ring (bicyclic) bond motifs is 1. The summed E-state index contributed by atoms with van der Waals surface area (Å²) >= 11 is 0. The number of alkyl halides is 2. The number of nitrogens with one attached hydrogen (secondary N) is 2. The third-order valence-corrected chi connectivity index (χ3v) is 2.86. The molecule has 2 rings (SSSR count). The lowest BCUT2D eigenvalue weighted by Gasteiger charge is -2.16. The monoisotopic (exact) mass is 300 g/mol. The van der Waals surface area contributed by atoms with Crippen molar-refractivity contribution in [1.82, 2.24) is 5.32 Å². The second-order valence-electron chi connectivity index (χ2n) is 5.33. The van der Waals surface area contributed by atoms with Crippen LogP contribution >= 0.6 is 0 Å². The van der Waals surface area contributed by atoms with E-state index in [0.717, 1.165) is 0 Å². The van der Waals surface area contributed by atoms with Crippen molar-refractivity contribution in [2.75, 3.05) is 11.9 Å². The molecule has 2 N–H and O–H groups in total. The molecule has 1 heterocycles. The first-order valence-corrected chi connectivity index (χ1v) is 6.71. The average molecular weight is 300 g/mol. The van der Waals surface area contributed by atoms with E-state index in [1.807, 2.05) is 13.8 Å². The van der Waals surface area contributed by atoms with Crippen molar-refractivity contribution in [1.29, 1.82) is 0 Å². The Kier molecular flexibility index (Phi) is 4.20. The molecule has 1 aromatic rings. The largest absolute Gasteiger partial charge is 0.586 e. The number of anilines is 1. The summed E-state index contributed by atoms with van der Waals surface area (Å²) in [5, 5.41) is 5.72. The normalized spacial score (nSPS) is 16.7. The highest BCUT2D eigenvalue weighted by atomic mass is 19.3. The Morgan fingerprint density at radius 2 is 1.90 bits per heavy atom. The first kappa shape index (κ1) is 15.3. The van der Waals surface area contributed by atoms with Crippen LogP contribution in [0.1, 0.15) is 20.8 Å². The van der Waals surface area contributed by atoms with E-state index in [-0.39, 0.29) is 17.4 Å². The summed E-state index contributed by atoms with van der Waals surface area (Å²) in [6, 6.07) is 3.81. The second kappa shape index (κ2) is 5.75. The maximum atomic E-state index is 12.9. The van der Waals surface area contributed by atoms with E-state index in [1.165, 1.54) is 12.1 Å². The van der Waals surface area contributed by atoms with Gasteiger partial charge in [-0.05, 0) is 25.0 Å². The smallest absolute Gasteiger partial charge is 0.395 e. The standard InChI is InChI=1S/C14H18F2N2O3/c1-8(2)7-17-13(19)9(3)18-10-4-5-11-12(6-10)21-14(15,16)20-11/h4-6,8-9,18H,7H2,1-3H3,(H,17,19). The van der Waals surface area contributed by atoms with Crippen LogP contribution in [0.4, 0.5) is 14.5 Å². The van der Waals surface area contributed by atoms with Gasteiger partial charge in [0.15, 0.2) is 11.5 Å². The van der Waals surface area contributed by atoms with Gasteiger partial charge >= 0.3 is 6.29 Å². The maximum Gasteiger partial charge on any atom is 0.586 e. The van der Waals surface area contributed by atoms with Crippen LogP contribution in [0.2, 0.25) is 0 Å². The van der Waals surface area contributed by atoms with Gasteiger partial charge < -0.3 is 20.1 Å². The summed E-state index contributed by atoms with van der Waals surface area (Å²) in [4.78, 5) is 11.8. The van der Waals surface area contributed by atoms with Crippen molar-refractivity contribution in [3.05, 3.63) is 18.2 Å². The number of hydrogen-bond donors (Lipinski definition) is 2.